The summed E-state index contributed by atoms with van der Waals surface area (Å²) in [5.74, 6) is 1.48. The van der Waals surface area contributed by atoms with Gasteiger partial charge in [0.15, 0.2) is 11.6 Å². The molecule has 0 bridgehead atoms. The van der Waals surface area contributed by atoms with Gasteiger partial charge in [-0.25, -0.2) is 4.98 Å². The molecular formula is C8H10ClN3O. The fraction of sp³-hybridized carbons (Fsp3) is 0.500. The molecule has 0 N–H and O–H groups in total. The van der Waals surface area contributed by atoms with Crippen molar-refractivity contribution in [3.05, 3.63) is 11.5 Å². The number of methoxy groups -OCH3 is 1. The standard InChI is InChI=1S/C8H10ClN3O/c1-13-6-5-10-8(9)11-7(6)12-3-2-4-12/h5H,2-4H2,1H3. The van der Waals surface area contributed by atoms with Gasteiger partial charge in [-0.15, -0.1) is 0 Å². The average Bonchev–Trinajstić information content (AvgIpc) is 2.02. The first-order valence-electron chi connectivity index (χ1n) is 4.13. The summed E-state index contributed by atoms with van der Waals surface area (Å²) in [6.45, 7) is 2.04. The fourth-order valence-electron chi connectivity index (χ4n) is 1.24. The van der Waals surface area contributed by atoms with Gasteiger partial charge >= 0.3 is 0 Å². The molecule has 0 spiro atoms. The van der Waals surface area contributed by atoms with Crippen LogP contribution >= 0.6 is 11.6 Å². The van der Waals surface area contributed by atoms with Crippen LogP contribution < -0.4 is 9.64 Å². The zero-order chi connectivity index (χ0) is 9.26. The maximum Gasteiger partial charge on any atom is 0.224 e. The lowest BCUT2D eigenvalue weighted by Gasteiger charge is -2.32. The maximum absolute atomic E-state index is 5.69. The second-order valence-electron chi connectivity index (χ2n) is 2.87. The number of ether oxygens (including phenoxy) is 1. The molecule has 0 aliphatic carbocycles. The van der Waals surface area contributed by atoms with Crippen molar-refractivity contribution in [3.63, 3.8) is 0 Å². The molecule has 1 aromatic heterocycles. The van der Waals surface area contributed by atoms with Gasteiger partial charge in [-0.3, -0.25) is 0 Å². The predicted molar refractivity (Wildman–Crippen MR) is 50.4 cm³/mol. The van der Waals surface area contributed by atoms with Crippen LogP contribution in [0.5, 0.6) is 5.75 Å². The topological polar surface area (TPSA) is 38.3 Å². The Morgan fingerprint density at radius 3 is 2.85 bits per heavy atom. The molecular weight excluding hydrogens is 190 g/mol. The molecule has 1 saturated heterocycles. The van der Waals surface area contributed by atoms with Crippen molar-refractivity contribution in [2.45, 2.75) is 6.42 Å². The van der Waals surface area contributed by atoms with E-state index in [0.717, 1.165) is 18.9 Å². The van der Waals surface area contributed by atoms with E-state index in [9.17, 15) is 0 Å². The zero-order valence-corrected chi connectivity index (χ0v) is 8.08. The molecule has 2 heterocycles. The van der Waals surface area contributed by atoms with E-state index < -0.39 is 0 Å². The normalized spacial score (nSPS) is 15.4. The lowest BCUT2D eigenvalue weighted by molar-refractivity contribution is 0.407. The van der Waals surface area contributed by atoms with E-state index in [4.69, 9.17) is 16.3 Å². The molecule has 0 unspecified atom stereocenters. The molecule has 1 fully saturated rings. The third-order valence-electron chi connectivity index (χ3n) is 2.08. The summed E-state index contributed by atoms with van der Waals surface area (Å²) in [5.41, 5.74) is 0. The molecule has 1 aromatic rings. The van der Waals surface area contributed by atoms with Crippen LogP contribution in [0.4, 0.5) is 5.82 Å². The minimum absolute atomic E-state index is 0.266. The fourth-order valence-corrected chi connectivity index (χ4v) is 1.37. The average molecular weight is 200 g/mol. The molecule has 5 heteroatoms. The van der Waals surface area contributed by atoms with Crippen LogP contribution in [-0.2, 0) is 0 Å². The number of rotatable bonds is 2. The minimum atomic E-state index is 0.266. The van der Waals surface area contributed by atoms with Crippen molar-refractivity contribution in [2.24, 2.45) is 0 Å². The summed E-state index contributed by atoms with van der Waals surface area (Å²) in [7, 11) is 1.61. The Bertz CT molecular complexity index is 314. The highest BCUT2D eigenvalue weighted by atomic mass is 35.5. The monoisotopic (exact) mass is 199 g/mol. The van der Waals surface area contributed by atoms with Crippen LogP contribution in [0.25, 0.3) is 0 Å². The maximum atomic E-state index is 5.69. The smallest absolute Gasteiger partial charge is 0.224 e. The quantitative estimate of drug-likeness (QED) is 0.674. The summed E-state index contributed by atoms with van der Waals surface area (Å²) < 4.78 is 5.13. The lowest BCUT2D eigenvalue weighted by Crippen LogP contribution is -2.37. The summed E-state index contributed by atoms with van der Waals surface area (Å²) in [5, 5.41) is 0.266. The third kappa shape index (κ3) is 1.54. The van der Waals surface area contributed by atoms with E-state index in [1.165, 1.54) is 6.42 Å². The highest BCUT2D eigenvalue weighted by molar-refractivity contribution is 6.28. The molecule has 13 heavy (non-hydrogen) atoms. The molecule has 0 aromatic carbocycles. The Hall–Kier alpha value is -1.03. The second kappa shape index (κ2) is 3.38. The molecule has 70 valence electrons. The van der Waals surface area contributed by atoms with E-state index in [1.54, 1.807) is 13.3 Å². The molecule has 0 atom stereocenters. The Labute approximate surface area is 81.5 Å². The summed E-state index contributed by atoms with van der Waals surface area (Å²) in [4.78, 5) is 10.1. The van der Waals surface area contributed by atoms with Crippen LogP contribution in [-0.4, -0.2) is 30.2 Å². The summed E-state index contributed by atoms with van der Waals surface area (Å²) in [6, 6.07) is 0. The lowest BCUT2D eigenvalue weighted by atomic mass is 10.2. The SMILES string of the molecule is COc1cnc(Cl)nc1N1CCC1. The molecule has 0 saturated carbocycles. The number of halogens is 1. The Morgan fingerprint density at radius 2 is 2.31 bits per heavy atom. The van der Waals surface area contributed by atoms with Gasteiger partial charge in [-0.1, -0.05) is 0 Å². The Balaban J connectivity index is 2.33. The van der Waals surface area contributed by atoms with Gasteiger partial charge in [-0.2, -0.15) is 4.98 Å². The van der Waals surface area contributed by atoms with E-state index in [2.05, 4.69) is 14.9 Å². The third-order valence-corrected chi connectivity index (χ3v) is 2.26. The van der Waals surface area contributed by atoms with E-state index in [-0.39, 0.29) is 5.28 Å². The largest absolute Gasteiger partial charge is 0.491 e. The van der Waals surface area contributed by atoms with Crippen LogP contribution in [0, 0.1) is 0 Å². The minimum Gasteiger partial charge on any atom is -0.491 e. The number of aromatic nitrogens is 2. The van der Waals surface area contributed by atoms with Gasteiger partial charge in [0.05, 0.1) is 13.3 Å². The van der Waals surface area contributed by atoms with Crippen molar-refractivity contribution in [3.8, 4) is 5.75 Å². The van der Waals surface area contributed by atoms with E-state index in [1.807, 2.05) is 0 Å². The molecule has 4 nitrogen and oxygen atoms in total. The number of hydrogen-bond donors (Lipinski definition) is 0. The highest BCUT2D eigenvalue weighted by Gasteiger charge is 2.20. The van der Waals surface area contributed by atoms with Gasteiger partial charge in [0.25, 0.3) is 0 Å². The van der Waals surface area contributed by atoms with Gasteiger partial charge in [0.2, 0.25) is 5.28 Å². The summed E-state index contributed by atoms with van der Waals surface area (Å²) >= 11 is 5.69. The summed E-state index contributed by atoms with van der Waals surface area (Å²) in [6.07, 6.45) is 2.80. The van der Waals surface area contributed by atoms with Gasteiger partial charge in [0.1, 0.15) is 0 Å². The second-order valence-corrected chi connectivity index (χ2v) is 3.21. The Morgan fingerprint density at radius 1 is 1.54 bits per heavy atom. The van der Waals surface area contributed by atoms with Gasteiger partial charge in [-0.05, 0) is 18.0 Å². The molecule has 1 aliphatic rings. The first-order chi connectivity index (χ1) is 6.31. The van der Waals surface area contributed by atoms with Crippen LogP contribution in [0.15, 0.2) is 6.20 Å². The van der Waals surface area contributed by atoms with Crippen molar-refractivity contribution in [1.82, 2.24) is 9.97 Å². The van der Waals surface area contributed by atoms with Crippen molar-refractivity contribution >= 4 is 17.4 Å². The molecule has 2 rings (SSSR count). The molecule has 0 amide bonds. The van der Waals surface area contributed by atoms with Crippen LogP contribution in [0.3, 0.4) is 0 Å². The number of hydrogen-bond acceptors (Lipinski definition) is 4. The number of nitrogens with zero attached hydrogens (tertiary/aromatic N) is 3. The van der Waals surface area contributed by atoms with E-state index >= 15 is 0 Å². The highest BCUT2D eigenvalue weighted by Crippen LogP contribution is 2.28. The number of anilines is 1. The predicted octanol–water partition coefficient (Wildman–Crippen LogP) is 1.35. The van der Waals surface area contributed by atoms with Crippen molar-refractivity contribution in [1.29, 1.82) is 0 Å². The van der Waals surface area contributed by atoms with Gasteiger partial charge in [0, 0.05) is 13.1 Å². The Kier molecular flexibility index (Phi) is 2.22. The van der Waals surface area contributed by atoms with Crippen molar-refractivity contribution < 1.29 is 4.74 Å². The molecule has 1 aliphatic heterocycles. The van der Waals surface area contributed by atoms with Gasteiger partial charge < -0.3 is 9.64 Å². The zero-order valence-electron chi connectivity index (χ0n) is 7.33. The first kappa shape index (κ1) is 8.56. The van der Waals surface area contributed by atoms with Crippen LogP contribution in [0.2, 0.25) is 5.28 Å². The van der Waals surface area contributed by atoms with E-state index in [0.29, 0.717) is 5.75 Å². The van der Waals surface area contributed by atoms with Crippen molar-refractivity contribution in [2.75, 3.05) is 25.1 Å². The van der Waals surface area contributed by atoms with Crippen LogP contribution in [0.1, 0.15) is 6.42 Å². The molecule has 0 radical (unpaired) electrons. The first-order valence-corrected chi connectivity index (χ1v) is 4.50.